The molecule has 5 nitrogen and oxygen atoms in total. The molecule has 1 aromatic carbocycles. The molecular weight excluding hydrogens is 350 g/mol. The molecule has 0 bridgehead atoms. The van der Waals surface area contributed by atoms with Crippen molar-refractivity contribution in [3.63, 3.8) is 0 Å². The monoisotopic (exact) mass is 375 g/mol. The van der Waals surface area contributed by atoms with Crippen molar-refractivity contribution in [1.82, 2.24) is 4.57 Å². The summed E-state index contributed by atoms with van der Waals surface area (Å²) in [7, 11) is -1.70. The molecule has 1 aliphatic carbocycles. The Hall–Kier alpha value is -2.08. The molecule has 1 heterocycles. The zero-order valence-corrected chi connectivity index (χ0v) is 16.5. The smallest absolute Gasteiger partial charge is 0.253 e. The van der Waals surface area contributed by atoms with Gasteiger partial charge < -0.3 is 9.30 Å². The first-order valence-electron chi connectivity index (χ1n) is 8.88. The molecular formula is C20H25NO4S. The Morgan fingerprint density at radius 3 is 2.50 bits per heavy atom. The molecule has 1 aliphatic rings. The number of rotatable bonds is 6. The van der Waals surface area contributed by atoms with Gasteiger partial charge in [-0.15, -0.1) is 0 Å². The van der Waals surface area contributed by atoms with Gasteiger partial charge in [0.1, 0.15) is 5.75 Å². The molecule has 0 aliphatic heterocycles. The van der Waals surface area contributed by atoms with Crippen LogP contribution in [0.1, 0.15) is 32.3 Å². The van der Waals surface area contributed by atoms with Crippen LogP contribution < -0.4 is 10.3 Å². The molecule has 0 spiro atoms. The Morgan fingerprint density at radius 1 is 1.23 bits per heavy atom. The van der Waals surface area contributed by atoms with E-state index in [0.717, 1.165) is 5.56 Å². The van der Waals surface area contributed by atoms with Gasteiger partial charge >= 0.3 is 0 Å². The summed E-state index contributed by atoms with van der Waals surface area (Å²) < 4.78 is 32.7. The van der Waals surface area contributed by atoms with Crippen molar-refractivity contribution in [2.45, 2.75) is 43.8 Å². The van der Waals surface area contributed by atoms with E-state index in [0.29, 0.717) is 29.4 Å². The molecule has 140 valence electrons. The zero-order chi connectivity index (χ0) is 19.1. The molecule has 1 aromatic heterocycles. The highest BCUT2D eigenvalue weighted by atomic mass is 32.2. The second kappa shape index (κ2) is 6.91. The molecule has 1 saturated carbocycles. The van der Waals surface area contributed by atoms with Gasteiger partial charge in [0.05, 0.1) is 16.8 Å². The third-order valence-corrected chi connectivity index (χ3v) is 6.90. The maximum absolute atomic E-state index is 12.6. The van der Waals surface area contributed by atoms with Crippen molar-refractivity contribution in [3.8, 4) is 16.9 Å². The highest BCUT2D eigenvalue weighted by Gasteiger charge is 2.24. The van der Waals surface area contributed by atoms with Crippen LogP contribution in [0.25, 0.3) is 11.1 Å². The van der Waals surface area contributed by atoms with Crippen molar-refractivity contribution in [1.29, 1.82) is 0 Å². The molecule has 1 fully saturated rings. The number of pyridine rings is 1. The van der Waals surface area contributed by atoms with Crippen LogP contribution in [0.4, 0.5) is 0 Å². The van der Waals surface area contributed by atoms with Gasteiger partial charge in [0.25, 0.3) is 5.56 Å². The van der Waals surface area contributed by atoms with Gasteiger partial charge in [-0.25, -0.2) is 8.42 Å². The van der Waals surface area contributed by atoms with Crippen LogP contribution in [0, 0.1) is 12.8 Å². The van der Waals surface area contributed by atoms with Gasteiger partial charge in [0, 0.05) is 29.9 Å². The summed E-state index contributed by atoms with van der Waals surface area (Å²) in [4.78, 5) is 12.3. The number of hydrogen-bond donors (Lipinski definition) is 0. The summed E-state index contributed by atoms with van der Waals surface area (Å²) in [5.74, 6) is 1.24. The number of hydrogen-bond acceptors (Lipinski definition) is 4. The van der Waals surface area contributed by atoms with Crippen molar-refractivity contribution < 1.29 is 13.2 Å². The Balaban J connectivity index is 2.13. The third-order valence-electron chi connectivity index (χ3n) is 4.75. The minimum Gasteiger partial charge on any atom is -0.493 e. The Morgan fingerprint density at radius 2 is 1.92 bits per heavy atom. The largest absolute Gasteiger partial charge is 0.493 e. The maximum atomic E-state index is 12.6. The Kier molecular flexibility index (Phi) is 4.97. The Labute approximate surface area is 154 Å². The molecule has 0 N–H and O–H groups in total. The SMILES string of the molecule is Cc1cc(-c2cc(S(=O)(=O)C(C)C)ccc2OCC2CC2)cn(C)c1=O. The molecule has 0 saturated heterocycles. The van der Waals surface area contributed by atoms with Gasteiger partial charge in [0.2, 0.25) is 0 Å². The first kappa shape index (κ1) is 18.7. The van der Waals surface area contributed by atoms with Crippen LogP contribution in [-0.2, 0) is 16.9 Å². The fourth-order valence-electron chi connectivity index (χ4n) is 2.83. The lowest BCUT2D eigenvalue weighted by Crippen LogP contribution is -2.18. The quantitative estimate of drug-likeness (QED) is 0.777. The van der Waals surface area contributed by atoms with Crippen molar-refractivity contribution in [3.05, 3.63) is 46.4 Å². The van der Waals surface area contributed by atoms with Gasteiger partial charge in [-0.3, -0.25) is 4.79 Å². The molecule has 0 unspecified atom stereocenters. The lowest BCUT2D eigenvalue weighted by Gasteiger charge is -2.16. The fourth-order valence-corrected chi connectivity index (χ4v) is 3.91. The Bertz CT molecular complexity index is 959. The summed E-state index contributed by atoms with van der Waals surface area (Å²) in [6.07, 6.45) is 4.07. The summed E-state index contributed by atoms with van der Waals surface area (Å²) >= 11 is 0. The van der Waals surface area contributed by atoms with Gasteiger partial charge in [-0.05, 0) is 63.8 Å². The third kappa shape index (κ3) is 3.70. The van der Waals surface area contributed by atoms with E-state index in [1.807, 2.05) is 0 Å². The summed E-state index contributed by atoms with van der Waals surface area (Å²) in [5, 5.41) is -0.504. The van der Waals surface area contributed by atoms with Gasteiger partial charge in [-0.2, -0.15) is 0 Å². The van der Waals surface area contributed by atoms with Gasteiger partial charge in [-0.1, -0.05) is 0 Å². The molecule has 0 radical (unpaired) electrons. The normalized spacial score (nSPS) is 14.7. The predicted molar refractivity (Wildman–Crippen MR) is 102 cm³/mol. The second-order valence-corrected chi connectivity index (χ2v) is 9.84. The van der Waals surface area contributed by atoms with Crippen molar-refractivity contribution in [2.24, 2.45) is 13.0 Å². The van der Waals surface area contributed by atoms with E-state index in [9.17, 15) is 13.2 Å². The molecule has 0 amide bonds. The number of aromatic nitrogens is 1. The highest BCUT2D eigenvalue weighted by Crippen LogP contribution is 2.36. The number of aryl methyl sites for hydroxylation is 2. The average molecular weight is 375 g/mol. The molecule has 0 atom stereocenters. The molecule has 3 rings (SSSR count). The van der Waals surface area contributed by atoms with E-state index >= 15 is 0 Å². The van der Waals surface area contributed by atoms with E-state index in [1.165, 1.54) is 17.4 Å². The minimum atomic E-state index is -3.40. The molecule has 2 aromatic rings. The van der Waals surface area contributed by atoms with Crippen LogP contribution in [0.3, 0.4) is 0 Å². The number of nitrogens with zero attached hydrogens (tertiary/aromatic N) is 1. The van der Waals surface area contributed by atoms with Crippen LogP contribution in [-0.4, -0.2) is 24.8 Å². The summed E-state index contributed by atoms with van der Waals surface area (Å²) in [6.45, 7) is 5.73. The van der Waals surface area contributed by atoms with E-state index < -0.39 is 15.1 Å². The number of benzene rings is 1. The number of sulfone groups is 1. The standard InChI is InChI=1S/C20H25NO4S/c1-13(2)26(23,24)17-7-8-19(25-12-15-5-6-15)18(10-17)16-9-14(3)20(22)21(4)11-16/h7-11,13,15H,5-6,12H2,1-4H3. The second-order valence-electron chi connectivity index (χ2n) is 7.33. The highest BCUT2D eigenvalue weighted by molar-refractivity contribution is 7.92. The number of ether oxygens (including phenoxy) is 1. The van der Waals surface area contributed by atoms with Crippen LogP contribution in [0.15, 0.2) is 40.2 Å². The van der Waals surface area contributed by atoms with E-state index in [-0.39, 0.29) is 10.5 Å². The topological polar surface area (TPSA) is 65.4 Å². The molecule has 26 heavy (non-hydrogen) atoms. The summed E-state index contributed by atoms with van der Waals surface area (Å²) in [5.41, 5.74) is 2.01. The van der Waals surface area contributed by atoms with Gasteiger partial charge in [0.15, 0.2) is 9.84 Å². The van der Waals surface area contributed by atoms with Crippen LogP contribution in [0.5, 0.6) is 5.75 Å². The first-order valence-corrected chi connectivity index (χ1v) is 10.4. The zero-order valence-electron chi connectivity index (χ0n) is 15.7. The lowest BCUT2D eigenvalue weighted by atomic mass is 10.0. The van der Waals surface area contributed by atoms with Crippen LogP contribution >= 0.6 is 0 Å². The molecule has 6 heteroatoms. The van der Waals surface area contributed by atoms with E-state index in [4.69, 9.17) is 4.74 Å². The minimum absolute atomic E-state index is 0.0693. The van der Waals surface area contributed by atoms with Crippen molar-refractivity contribution in [2.75, 3.05) is 6.61 Å². The first-order chi connectivity index (χ1) is 12.2. The van der Waals surface area contributed by atoms with Crippen LogP contribution in [0.2, 0.25) is 0 Å². The average Bonchev–Trinajstić information content (AvgIpc) is 3.41. The van der Waals surface area contributed by atoms with E-state index in [2.05, 4.69) is 0 Å². The van der Waals surface area contributed by atoms with Crippen molar-refractivity contribution >= 4 is 9.84 Å². The summed E-state index contributed by atoms with van der Waals surface area (Å²) in [6, 6.07) is 6.79. The van der Waals surface area contributed by atoms with E-state index in [1.54, 1.807) is 58.3 Å². The predicted octanol–water partition coefficient (Wildman–Crippen LogP) is 3.33. The fraction of sp³-hybridized carbons (Fsp3) is 0.450. The lowest BCUT2D eigenvalue weighted by molar-refractivity contribution is 0.301. The maximum Gasteiger partial charge on any atom is 0.253 e.